The molecule has 7 nitrogen and oxygen atoms in total. The van der Waals surface area contributed by atoms with E-state index in [0.29, 0.717) is 5.75 Å². The van der Waals surface area contributed by atoms with Crippen LogP contribution >= 0.6 is 0 Å². The van der Waals surface area contributed by atoms with Gasteiger partial charge in [0.1, 0.15) is 31.3 Å². The summed E-state index contributed by atoms with van der Waals surface area (Å²) in [5.41, 5.74) is 1.78. The van der Waals surface area contributed by atoms with E-state index in [-0.39, 0.29) is 37.6 Å². The molecule has 0 bridgehead atoms. The summed E-state index contributed by atoms with van der Waals surface area (Å²) < 4.78 is 17.7. The lowest BCUT2D eigenvalue weighted by atomic mass is 10.1. The Labute approximate surface area is 174 Å². The van der Waals surface area contributed by atoms with E-state index in [1.54, 1.807) is 0 Å². The van der Waals surface area contributed by atoms with Gasteiger partial charge in [-0.25, -0.2) is 9.48 Å². The highest BCUT2D eigenvalue weighted by Gasteiger charge is 2.12. The fourth-order valence-corrected chi connectivity index (χ4v) is 2.86. The molecule has 0 atom stereocenters. The van der Waals surface area contributed by atoms with Gasteiger partial charge in [0, 0.05) is 6.07 Å². The van der Waals surface area contributed by atoms with Gasteiger partial charge in [-0.2, -0.15) is 5.10 Å². The Hall–Kier alpha value is -3.61. The molecule has 0 aliphatic rings. The van der Waals surface area contributed by atoms with Crippen LogP contribution in [0, 0.1) is 13.8 Å². The molecule has 0 radical (unpaired) electrons. The van der Waals surface area contributed by atoms with Crippen molar-refractivity contribution in [3.05, 3.63) is 87.8 Å². The van der Waals surface area contributed by atoms with Gasteiger partial charge < -0.3 is 14.2 Å². The van der Waals surface area contributed by atoms with Crippen molar-refractivity contribution in [3.63, 3.8) is 0 Å². The highest BCUT2D eigenvalue weighted by Crippen LogP contribution is 2.22. The van der Waals surface area contributed by atoms with Gasteiger partial charge in [-0.1, -0.05) is 36.4 Å². The number of carbonyl (C=O) groups is 1. The summed E-state index contributed by atoms with van der Waals surface area (Å²) in [4.78, 5) is 24.3. The summed E-state index contributed by atoms with van der Waals surface area (Å²) in [6, 6.07) is 17.8. The zero-order valence-corrected chi connectivity index (χ0v) is 17.0. The average molecular weight is 408 g/mol. The molecule has 0 saturated carbocycles. The van der Waals surface area contributed by atoms with Crippen LogP contribution in [0.2, 0.25) is 0 Å². The third kappa shape index (κ3) is 5.70. The Morgan fingerprint density at radius 2 is 1.60 bits per heavy atom. The molecule has 0 spiro atoms. The predicted molar refractivity (Wildman–Crippen MR) is 112 cm³/mol. The highest BCUT2D eigenvalue weighted by atomic mass is 16.6. The van der Waals surface area contributed by atoms with E-state index in [1.807, 2.05) is 62.4 Å². The molecule has 3 aromatic rings. The second-order valence-corrected chi connectivity index (χ2v) is 6.65. The number of nitrogens with zero attached hydrogens (tertiary/aromatic N) is 2. The van der Waals surface area contributed by atoms with Crippen molar-refractivity contribution in [2.75, 3.05) is 19.8 Å². The van der Waals surface area contributed by atoms with Crippen molar-refractivity contribution >= 4 is 5.97 Å². The molecule has 1 heterocycles. The topological polar surface area (TPSA) is 79.7 Å². The number of ether oxygens (including phenoxy) is 3. The number of para-hydroxylation sites is 2. The molecule has 0 aliphatic carbocycles. The van der Waals surface area contributed by atoms with Crippen molar-refractivity contribution in [2.24, 2.45) is 0 Å². The molecule has 0 fully saturated rings. The van der Waals surface area contributed by atoms with Gasteiger partial charge >= 0.3 is 5.97 Å². The van der Waals surface area contributed by atoms with Gasteiger partial charge in [-0.15, -0.1) is 0 Å². The fourth-order valence-electron chi connectivity index (χ4n) is 2.86. The lowest BCUT2D eigenvalue weighted by Crippen LogP contribution is -2.27. The minimum Gasteiger partial charge on any atom is -0.492 e. The molecule has 2 aromatic carbocycles. The van der Waals surface area contributed by atoms with Crippen LogP contribution in [0.1, 0.15) is 21.6 Å². The van der Waals surface area contributed by atoms with Crippen LogP contribution in [0.25, 0.3) is 0 Å². The summed E-state index contributed by atoms with van der Waals surface area (Å²) >= 11 is 0. The second-order valence-electron chi connectivity index (χ2n) is 6.65. The fraction of sp³-hybridized carbons (Fsp3) is 0.261. The lowest BCUT2D eigenvalue weighted by Gasteiger charge is -2.12. The Balaban J connectivity index is 1.50. The molecule has 30 heavy (non-hydrogen) atoms. The predicted octanol–water partition coefficient (Wildman–Crippen LogP) is 3.17. The van der Waals surface area contributed by atoms with E-state index < -0.39 is 5.97 Å². The minimum absolute atomic E-state index is 0.0568. The molecule has 0 saturated heterocycles. The van der Waals surface area contributed by atoms with Crippen molar-refractivity contribution < 1.29 is 19.0 Å². The van der Waals surface area contributed by atoms with Gasteiger partial charge in [0.2, 0.25) is 0 Å². The van der Waals surface area contributed by atoms with E-state index >= 15 is 0 Å². The smallest absolute Gasteiger partial charge is 0.358 e. The zero-order chi connectivity index (χ0) is 21.3. The lowest BCUT2D eigenvalue weighted by molar-refractivity contribution is 0.0439. The number of aromatic nitrogens is 2. The van der Waals surface area contributed by atoms with Crippen LogP contribution in [-0.2, 0) is 11.3 Å². The molecule has 0 unspecified atom stereocenters. The van der Waals surface area contributed by atoms with Crippen LogP contribution in [0.15, 0.2) is 65.5 Å². The first-order chi connectivity index (χ1) is 14.5. The van der Waals surface area contributed by atoms with Crippen molar-refractivity contribution in [1.82, 2.24) is 9.78 Å². The summed E-state index contributed by atoms with van der Waals surface area (Å²) in [5, 5.41) is 4.08. The number of rotatable bonds is 9. The standard InChI is InChI=1S/C23H24N2O5/c1-17-7-6-8-18(2)22(17)29-15-16-30-23(27)20-11-12-21(26)25(24-20)13-14-28-19-9-4-3-5-10-19/h3-12H,13-16H2,1-2H3. The number of aryl methyl sites for hydroxylation is 2. The molecule has 3 rings (SSSR count). The largest absolute Gasteiger partial charge is 0.492 e. The Bertz CT molecular complexity index is 1030. The Morgan fingerprint density at radius 3 is 2.33 bits per heavy atom. The van der Waals surface area contributed by atoms with E-state index in [2.05, 4.69) is 5.10 Å². The van der Waals surface area contributed by atoms with E-state index in [4.69, 9.17) is 14.2 Å². The quantitative estimate of drug-likeness (QED) is 0.400. The minimum atomic E-state index is -0.613. The summed E-state index contributed by atoms with van der Waals surface area (Å²) in [6.07, 6.45) is 0. The van der Waals surface area contributed by atoms with Gasteiger partial charge in [-0.05, 0) is 43.2 Å². The first kappa shape index (κ1) is 21.1. The first-order valence-electron chi connectivity index (χ1n) is 9.67. The number of esters is 1. The number of benzene rings is 2. The maximum Gasteiger partial charge on any atom is 0.358 e. The molecular formula is C23H24N2O5. The Kier molecular flexibility index (Phi) is 7.21. The average Bonchev–Trinajstić information content (AvgIpc) is 2.75. The van der Waals surface area contributed by atoms with Gasteiger partial charge in [0.15, 0.2) is 5.69 Å². The molecule has 1 aromatic heterocycles. The summed E-state index contributed by atoms with van der Waals surface area (Å²) in [6.45, 7) is 4.68. The monoisotopic (exact) mass is 408 g/mol. The molecule has 0 amide bonds. The van der Waals surface area contributed by atoms with Gasteiger partial charge in [0.05, 0.1) is 6.54 Å². The Morgan fingerprint density at radius 1 is 0.867 bits per heavy atom. The summed E-state index contributed by atoms with van der Waals surface area (Å²) in [7, 11) is 0. The van der Waals surface area contributed by atoms with Gasteiger partial charge in [-0.3, -0.25) is 4.79 Å². The molecule has 0 aliphatic heterocycles. The number of carbonyl (C=O) groups excluding carboxylic acids is 1. The van der Waals surface area contributed by atoms with Crippen LogP contribution in [0.5, 0.6) is 11.5 Å². The molecule has 0 N–H and O–H groups in total. The van der Waals surface area contributed by atoms with Crippen molar-refractivity contribution in [2.45, 2.75) is 20.4 Å². The van der Waals surface area contributed by atoms with Crippen LogP contribution in [0.3, 0.4) is 0 Å². The van der Waals surface area contributed by atoms with Crippen LogP contribution < -0.4 is 15.0 Å². The van der Waals surface area contributed by atoms with Crippen molar-refractivity contribution in [3.8, 4) is 11.5 Å². The van der Waals surface area contributed by atoms with Gasteiger partial charge in [0.25, 0.3) is 5.56 Å². The number of hydrogen-bond donors (Lipinski definition) is 0. The van der Waals surface area contributed by atoms with Crippen molar-refractivity contribution in [1.29, 1.82) is 0 Å². The SMILES string of the molecule is Cc1cccc(C)c1OCCOC(=O)c1ccc(=O)n(CCOc2ccccc2)n1. The van der Waals surface area contributed by atoms with E-state index in [1.165, 1.54) is 16.8 Å². The van der Waals surface area contributed by atoms with Crippen LogP contribution in [-0.4, -0.2) is 35.6 Å². The zero-order valence-electron chi connectivity index (χ0n) is 17.0. The molecule has 7 heteroatoms. The highest BCUT2D eigenvalue weighted by molar-refractivity contribution is 5.86. The summed E-state index contributed by atoms with van der Waals surface area (Å²) in [5.74, 6) is 0.876. The maximum atomic E-state index is 12.3. The maximum absolute atomic E-state index is 12.3. The second kappa shape index (κ2) is 10.2. The number of hydrogen-bond acceptors (Lipinski definition) is 6. The molecule has 156 valence electrons. The van der Waals surface area contributed by atoms with Crippen LogP contribution in [0.4, 0.5) is 0 Å². The van der Waals surface area contributed by atoms with E-state index in [9.17, 15) is 9.59 Å². The normalized spacial score (nSPS) is 10.5. The van der Waals surface area contributed by atoms with E-state index in [0.717, 1.165) is 16.9 Å². The third-order valence-corrected chi connectivity index (χ3v) is 4.36. The third-order valence-electron chi connectivity index (χ3n) is 4.36. The molecular weight excluding hydrogens is 384 g/mol. The first-order valence-corrected chi connectivity index (χ1v) is 9.67.